The molecule has 0 bridgehead atoms. The summed E-state index contributed by atoms with van der Waals surface area (Å²) in [4.78, 5) is 0. The van der Waals surface area contributed by atoms with Crippen molar-refractivity contribution in [2.24, 2.45) is 0 Å². The first kappa shape index (κ1) is 10.8. The van der Waals surface area contributed by atoms with Gasteiger partial charge in [0.05, 0.1) is 12.2 Å². The van der Waals surface area contributed by atoms with Gasteiger partial charge in [-0.1, -0.05) is 18.2 Å². The van der Waals surface area contributed by atoms with Gasteiger partial charge in [0.2, 0.25) is 0 Å². The van der Waals surface area contributed by atoms with Crippen LogP contribution in [0.2, 0.25) is 0 Å². The highest BCUT2D eigenvalue weighted by molar-refractivity contribution is 5.81. The molecule has 0 saturated carbocycles. The van der Waals surface area contributed by atoms with Gasteiger partial charge in [0.1, 0.15) is 0 Å². The van der Waals surface area contributed by atoms with Gasteiger partial charge in [-0.05, 0) is 44.2 Å². The Morgan fingerprint density at radius 3 is 2.88 bits per heavy atom. The van der Waals surface area contributed by atoms with Crippen LogP contribution in [0.1, 0.15) is 25.5 Å². The number of hydrogen-bond donors (Lipinski definition) is 0. The van der Waals surface area contributed by atoms with Gasteiger partial charge < -0.3 is 9.30 Å². The fraction of sp³-hybridized carbons (Fsp3) is 0.467. The lowest BCUT2D eigenvalue weighted by Gasteiger charge is -2.14. The molecule has 2 nitrogen and oxygen atoms in total. The second-order valence-corrected chi connectivity index (χ2v) is 5.10. The summed E-state index contributed by atoms with van der Waals surface area (Å²) >= 11 is 0. The molecule has 90 valence electrons. The molecule has 1 fully saturated rings. The summed E-state index contributed by atoms with van der Waals surface area (Å²) in [7, 11) is 0. The maximum absolute atomic E-state index is 5.92. The zero-order chi connectivity index (χ0) is 11.8. The SMILES string of the molecule is Cc1cc2ccccc2n1CC1CCC(C)O1. The molecule has 0 N–H and O–H groups in total. The first-order valence-corrected chi connectivity index (χ1v) is 6.44. The largest absolute Gasteiger partial charge is 0.373 e. The molecule has 2 aromatic rings. The van der Waals surface area contributed by atoms with E-state index in [-0.39, 0.29) is 0 Å². The third-order valence-corrected chi connectivity index (χ3v) is 3.72. The van der Waals surface area contributed by atoms with Gasteiger partial charge in [-0.25, -0.2) is 0 Å². The Hall–Kier alpha value is -1.28. The second kappa shape index (κ2) is 4.19. The Morgan fingerprint density at radius 1 is 1.29 bits per heavy atom. The Kier molecular flexibility index (Phi) is 2.67. The van der Waals surface area contributed by atoms with Crippen molar-refractivity contribution in [3.05, 3.63) is 36.0 Å². The minimum atomic E-state index is 0.388. The zero-order valence-electron chi connectivity index (χ0n) is 10.5. The monoisotopic (exact) mass is 229 g/mol. The summed E-state index contributed by atoms with van der Waals surface area (Å²) < 4.78 is 8.30. The molecule has 1 saturated heterocycles. The highest BCUT2D eigenvalue weighted by Crippen LogP contribution is 2.24. The molecule has 1 aliphatic heterocycles. The van der Waals surface area contributed by atoms with Crippen LogP contribution in [-0.2, 0) is 11.3 Å². The number of aryl methyl sites for hydroxylation is 1. The Morgan fingerprint density at radius 2 is 2.12 bits per heavy atom. The van der Waals surface area contributed by atoms with E-state index in [1.807, 2.05) is 0 Å². The fourth-order valence-corrected chi connectivity index (χ4v) is 2.81. The summed E-state index contributed by atoms with van der Waals surface area (Å²) in [6, 6.07) is 10.8. The predicted molar refractivity (Wildman–Crippen MR) is 70.2 cm³/mol. The fourth-order valence-electron chi connectivity index (χ4n) is 2.81. The van der Waals surface area contributed by atoms with E-state index in [0.717, 1.165) is 6.54 Å². The molecule has 1 aliphatic rings. The van der Waals surface area contributed by atoms with E-state index in [1.54, 1.807) is 0 Å². The van der Waals surface area contributed by atoms with Crippen LogP contribution < -0.4 is 0 Å². The van der Waals surface area contributed by atoms with Crippen LogP contribution in [0.3, 0.4) is 0 Å². The van der Waals surface area contributed by atoms with E-state index in [0.29, 0.717) is 12.2 Å². The molecule has 2 heteroatoms. The van der Waals surface area contributed by atoms with E-state index in [1.165, 1.54) is 29.4 Å². The number of hydrogen-bond acceptors (Lipinski definition) is 1. The predicted octanol–water partition coefficient (Wildman–Crippen LogP) is 3.52. The number of nitrogens with zero attached hydrogens (tertiary/aromatic N) is 1. The van der Waals surface area contributed by atoms with E-state index < -0.39 is 0 Å². The van der Waals surface area contributed by atoms with Crippen molar-refractivity contribution in [2.45, 2.75) is 45.4 Å². The number of benzene rings is 1. The van der Waals surface area contributed by atoms with Crippen molar-refractivity contribution >= 4 is 10.9 Å². The van der Waals surface area contributed by atoms with Crippen LogP contribution in [-0.4, -0.2) is 16.8 Å². The van der Waals surface area contributed by atoms with Crippen LogP contribution in [0.4, 0.5) is 0 Å². The smallest absolute Gasteiger partial charge is 0.0758 e. The average Bonchev–Trinajstić information content (AvgIpc) is 2.85. The number of ether oxygens (including phenoxy) is 1. The van der Waals surface area contributed by atoms with Gasteiger partial charge in [-0.15, -0.1) is 0 Å². The summed E-state index contributed by atoms with van der Waals surface area (Å²) in [5.74, 6) is 0. The van der Waals surface area contributed by atoms with Gasteiger partial charge in [0.25, 0.3) is 0 Å². The number of fused-ring (bicyclic) bond motifs is 1. The number of rotatable bonds is 2. The van der Waals surface area contributed by atoms with Crippen molar-refractivity contribution in [3.8, 4) is 0 Å². The third-order valence-electron chi connectivity index (χ3n) is 3.72. The van der Waals surface area contributed by atoms with Gasteiger partial charge in [-0.2, -0.15) is 0 Å². The minimum absolute atomic E-state index is 0.388. The third kappa shape index (κ3) is 1.98. The van der Waals surface area contributed by atoms with Crippen LogP contribution in [0.15, 0.2) is 30.3 Å². The topological polar surface area (TPSA) is 14.2 Å². The number of para-hydroxylation sites is 1. The van der Waals surface area contributed by atoms with Crippen LogP contribution >= 0.6 is 0 Å². The molecular weight excluding hydrogens is 210 g/mol. The molecule has 3 rings (SSSR count). The Labute approximate surface area is 102 Å². The van der Waals surface area contributed by atoms with E-state index in [4.69, 9.17) is 4.74 Å². The molecule has 0 aliphatic carbocycles. The molecule has 2 unspecified atom stereocenters. The van der Waals surface area contributed by atoms with Crippen molar-refractivity contribution in [2.75, 3.05) is 0 Å². The van der Waals surface area contributed by atoms with Crippen molar-refractivity contribution in [1.82, 2.24) is 4.57 Å². The molecule has 0 spiro atoms. The normalized spacial score (nSPS) is 24.6. The summed E-state index contributed by atoms with van der Waals surface area (Å²) in [6.07, 6.45) is 3.21. The van der Waals surface area contributed by atoms with Gasteiger partial charge >= 0.3 is 0 Å². The Bertz CT molecular complexity index is 529. The standard InChI is InChI=1S/C15H19NO/c1-11-9-13-5-3-4-6-15(13)16(11)10-14-8-7-12(2)17-14/h3-6,9,12,14H,7-8,10H2,1-2H3. The van der Waals surface area contributed by atoms with Crippen molar-refractivity contribution in [3.63, 3.8) is 0 Å². The van der Waals surface area contributed by atoms with E-state index >= 15 is 0 Å². The molecule has 2 atom stereocenters. The first-order chi connectivity index (χ1) is 8.24. The molecular formula is C15H19NO. The highest BCUT2D eigenvalue weighted by atomic mass is 16.5. The molecule has 1 aromatic carbocycles. The maximum Gasteiger partial charge on any atom is 0.0758 e. The number of aromatic nitrogens is 1. The molecule has 17 heavy (non-hydrogen) atoms. The minimum Gasteiger partial charge on any atom is -0.373 e. The zero-order valence-corrected chi connectivity index (χ0v) is 10.5. The summed E-state index contributed by atoms with van der Waals surface area (Å²) in [5.41, 5.74) is 2.66. The van der Waals surface area contributed by atoms with E-state index in [2.05, 4.69) is 48.7 Å². The summed E-state index contributed by atoms with van der Waals surface area (Å²) in [5, 5.41) is 1.33. The second-order valence-electron chi connectivity index (χ2n) is 5.10. The van der Waals surface area contributed by atoms with Crippen LogP contribution in [0.25, 0.3) is 10.9 Å². The highest BCUT2D eigenvalue weighted by Gasteiger charge is 2.22. The van der Waals surface area contributed by atoms with Gasteiger partial charge in [0, 0.05) is 17.8 Å². The summed E-state index contributed by atoms with van der Waals surface area (Å²) in [6.45, 7) is 5.34. The lowest BCUT2D eigenvalue weighted by Crippen LogP contribution is -2.17. The Balaban J connectivity index is 1.91. The lowest BCUT2D eigenvalue weighted by atomic mass is 10.2. The van der Waals surface area contributed by atoms with Gasteiger partial charge in [0.15, 0.2) is 0 Å². The first-order valence-electron chi connectivity index (χ1n) is 6.44. The quantitative estimate of drug-likeness (QED) is 0.768. The van der Waals surface area contributed by atoms with Gasteiger partial charge in [-0.3, -0.25) is 0 Å². The lowest BCUT2D eigenvalue weighted by molar-refractivity contribution is 0.0462. The molecule has 1 aromatic heterocycles. The van der Waals surface area contributed by atoms with Crippen LogP contribution in [0, 0.1) is 6.92 Å². The van der Waals surface area contributed by atoms with E-state index in [9.17, 15) is 0 Å². The van der Waals surface area contributed by atoms with Crippen LogP contribution in [0.5, 0.6) is 0 Å². The van der Waals surface area contributed by atoms with Crippen molar-refractivity contribution in [1.29, 1.82) is 0 Å². The maximum atomic E-state index is 5.92. The molecule has 0 amide bonds. The molecule has 2 heterocycles. The average molecular weight is 229 g/mol. The van der Waals surface area contributed by atoms with Crippen molar-refractivity contribution < 1.29 is 4.74 Å². The molecule has 0 radical (unpaired) electrons.